The number of allylic oxidation sites excluding steroid dienone is 1. The molecule has 0 aliphatic heterocycles. The summed E-state index contributed by atoms with van der Waals surface area (Å²) in [5.74, 6) is 2.06. The zero-order valence-corrected chi connectivity index (χ0v) is 14.2. The molecule has 2 atom stereocenters. The molecule has 0 fully saturated rings. The van der Waals surface area contributed by atoms with Gasteiger partial charge in [0.25, 0.3) is 0 Å². The van der Waals surface area contributed by atoms with Crippen molar-refractivity contribution in [2.75, 3.05) is 6.61 Å². The number of hydrogen-bond acceptors (Lipinski definition) is 2. The smallest absolute Gasteiger partial charge is 0.302 e. The Bertz CT molecular complexity index is 269. The van der Waals surface area contributed by atoms with E-state index in [1.807, 2.05) is 6.08 Å². The van der Waals surface area contributed by atoms with Crippen LogP contribution in [-0.2, 0) is 9.53 Å². The minimum atomic E-state index is -0.211. The van der Waals surface area contributed by atoms with Gasteiger partial charge in [-0.15, -0.1) is 0 Å². The van der Waals surface area contributed by atoms with Crippen molar-refractivity contribution in [3.05, 3.63) is 12.2 Å². The van der Waals surface area contributed by atoms with Crippen molar-refractivity contribution < 1.29 is 9.53 Å². The highest BCUT2D eigenvalue weighted by Gasteiger charge is 2.04. The summed E-state index contributed by atoms with van der Waals surface area (Å²) in [5, 5.41) is 0. The van der Waals surface area contributed by atoms with Crippen molar-refractivity contribution in [3.63, 3.8) is 0 Å². The number of esters is 1. The summed E-state index contributed by atoms with van der Waals surface area (Å²) >= 11 is 0. The highest BCUT2D eigenvalue weighted by molar-refractivity contribution is 5.65. The lowest BCUT2D eigenvalue weighted by molar-refractivity contribution is -0.139. The molecule has 0 heterocycles. The van der Waals surface area contributed by atoms with Crippen LogP contribution in [0.1, 0.15) is 73.1 Å². The zero-order valence-electron chi connectivity index (χ0n) is 14.2. The second-order valence-corrected chi connectivity index (χ2v) is 6.57. The van der Waals surface area contributed by atoms with E-state index in [-0.39, 0.29) is 5.97 Å². The molecule has 2 unspecified atom stereocenters. The van der Waals surface area contributed by atoms with Crippen LogP contribution in [0.2, 0.25) is 0 Å². The van der Waals surface area contributed by atoms with E-state index in [4.69, 9.17) is 4.74 Å². The van der Waals surface area contributed by atoms with Gasteiger partial charge in [-0.3, -0.25) is 4.79 Å². The van der Waals surface area contributed by atoms with Crippen LogP contribution in [0.4, 0.5) is 0 Å². The Morgan fingerprint density at radius 1 is 1.00 bits per heavy atom. The predicted molar refractivity (Wildman–Crippen MR) is 86.6 cm³/mol. The van der Waals surface area contributed by atoms with Crippen molar-refractivity contribution >= 4 is 5.97 Å². The first kappa shape index (κ1) is 19.2. The molecule has 0 aromatic carbocycles. The highest BCUT2D eigenvalue weighted by Crippen LogP contribution is 2.19. The van der Waals surface area contributed by atoms with Crippen LogP contribution in [0.25, 0.3) is 0 Å². The van der Waals surface area contributed by atoms with Gasteiger partial charge in [0, 0.05) is 6.92 Å². The molecule has 0 bridgehead atoms. The Labute approximate surface area is 126 Å². The molecule has 0 N–H and O–H groups in total. The van der Waals surface area contributed by atoms with Gasteiger partial charge in [0.2, 0.25) is 0 Å². The van der Waals surface area contributed by atoms with E-state index < -0.39 is 0 Å². The van der Waals surface area contributed by atoms with E-state index >= 15 is 0 Å². The molecule has 0 aromatic rings. The van der Waals surface area contributed by atoms with E-state index in [1.165, 1.54) is 45.4 Å². The number of ether oxygens (including phenoxy) is 1. The molecule has 0 saturated heterocycles. The maximum absolute atomic E-state index is 10.6. The van der Waals surface area contributed by atoms with Crippen molar-refractivity contribution in [1.29, 1.82) is 0 Å². The lowest BCUT2D eigenvalue weighted by atomic mass is 9.93. The predicted octanol–water partition coefficient (Wildman–Crippen LogP) is 5.37. The fourth-order valence-corrected chi connectivity index (χ4v) is 2.36. The molecule has 118 valence electrons. The fourth-order valence-electron chi connectivity index (χ4n) is 2.36. The maximum atomic E-state index is 10.6. The quantitative estimate of drug-likeness (QED) is 0.376. The SMILES string of the molecule is CC(=O)OCC=CC(C)CCCC(C)CCCC(C)C. The van der Waals surface area contributed by atoms with Gasteiger partial charge in [0.05, 0.1) is 0 Å². The van der Waals surface area contributed by atoms with Crippen LogP contribution in [0, 0.1) is 17.8 Å². The van der Waals surface area contributed by atoms with Crippen LogP contribution in [-0.4, -0.2) is 12.6 Å². The molecule has 0 aliphatic carbocycles. The zero-order chi connectivity index (χ0) is 15.4. The fraction of sp³-hybridized carbons (Fsp3) is 0.833. The molecule has 2 nitrogen and oxygen atoms in total. The molecular formula is C18H34O2. The Hall–Kier alpha value is -0.790. The molecule has 0 aliphatic rings. The highest BCUT2D eigenvalue weighted by atomic mass is 16.5. The third-order valence-corrected chi connectivity index (χ3v) is 3.68. The van der Waals surface area contributed by atoms with E-state index in [1.54, 1.807) is 0 Å². The van der Waals surface area contributed by atoms with Crippen molar-refractivity contribution in [3.8, 4) is 0 Å². The maximum Gasteiger partial charge on any atom is 0.302 e. The minimum absolute atomic E-state index is 0.211. The third-order valence-electron chi connectivity index (χ3n) is 3.68. The van der Waals surface area contributed by atoms with Crippen LogP contribution >= 0.6 is 0 Å². The van der Waals surface area contributed by atoms with Crippen molar-refractivity contribution in [2.45, 2.75) is 73.1 Å². The summed E-state index contributed by atoms with van der Waals surface area (Å²) < 4.78 is 4.87. The molecule has 0 rings (SSSR count). The van der Waals surface area contributed by atoms with Crippen LogP contribution in [0.5, 0.6) is 0 Å². The number of rotatable bonds is 11. The molecule has 20 heavy (non-hydrogen) atoms. The molecule has 0 aromatic heterocycles. The first-order valence-electron chi connectivity index (χ1n) is 8.21. The second kappa shape index (κ2) is 12.0. The number of hydrogen-bond donors (Lipinski definition) is 0. The molecule has 0 spiro atoms. The van der Waals surface area contributed by atoms with E-state index in [9.17, 15) is 4.79 Å². The van der Waals surface area contributed by atoms with Gasteiger partial charge in [-0.2, -0.15) is 0 Å². The van der Waals surface area contributed by atoms with E-state index in [2.05, 4.69) is 33.8 Å². The molecule has 0 amide bonds. The van der Waals surface area contributed by atoms with Gasteiger partial charge >= 0.3 is 5.97 Å². The minimum Gasteiger partial charge on any atom is -0.462 e. The summed E-state index contributed by atoms with van der Waals surface area (Å²) in [6.07, 6.45) is 12.1. The lowest BCUT2D eigenvalue weighted by Gasteiger charge is -2.13. The lowest BCUT2D eigenvalue weighted by Crippen LogP contribution is -2.00. The summed E-state index contributed by atoms with van der Waals surface area (Å²) in [7, 11) is 0. The summed E-state index contributed by atoms with van der Waals surface area (Å²) in [6, 6.07) is 0. The molecule has 0 radical (unpaired) electrons. The summed E-state index contributed by atoms with van der Waals surface area (Å²) in [6.45, 7) is 11.1. The van der Waals surface area contributed by atoms with Crippen LogP contribution in [0.3, 0.4) is 0 Å². The first-order valence-corrected chi connectivity index (χ1v) is 8.21. The van der Waals surface area contributed by atoms with Crippen molar-refractivity contribution in [2.24, 2.45) is 17.8 Å². The topological polar surface area (TPSA) is 26.3 Å². The first-order chi connectivity index (χ1) is 9.41. The van der Waals surface area contributed by atoms with Gasteiger partial charge in [-0.05, 0) is 24.2 Å². The van der Waals surface area contributed by atoms with Crippen LogP contribution in [0.15, 0.2) is 12.2 Å². The summed E-state index contributed by atoms with van der Waals surface area (Å²) in [4.78, 5) is 10.6. The number of carbonyl (C=O) groups is 1. The van der Waals surface area contributed by atoms with Crippen LogP contribution < -0.4 is 0 Å². The van der Waals surface area contributed by atoms with E-state index in [0.717, 1.165) is 11.8 Å². The Morgan fingerprint density at radius 3 is 2.15 bits per heavy atom. The van der Waals surface area contributed by atoms with Gasteiger partial charge in [-0.1, -0.05) is 72.0 Å². The molecule has 0 saturated carbocycles. The largest absolute Gasteiger partial charge is 0.462 e. The summed E-state index contributed by atoms with van der Waals surface area (Å²) in [5.41, 5.74) is 0. The number of carbonyl (C=O) groups excluding carboxylic acids is 1. The Balaban J connectivity index is 3.54. The second-order valence-electron chi connectivity index (χ2n) is 6.57. The third kappa shape index (κ3) is 13.6. The Kier molecular flexibility index (Phi) is 11.5. The van der Waals surface area contributed by atoms with Crippen molar-refractivity contribution in [1.82, 2.24) is 0 Å². The van der Waals surface area contributed by atoms with Gasteiger partial charge in [0.1, 0.15) is 6.61 Å². The van der Waals surface area contributed by atoms with Gasteiger partial charge in [-0.25, -0.2) is 0 Å². The standard InChI is InChI=1S/C18H34O2/c1-15(2)9-6-10-16(3)11-7-12-17(4)13-8-14-20-18(5)19/h8,13,15-17H,6-7,9-12,14H2,1-5H3. The van der Waals surface area contributed by atoms with E-state index in [0.29, 0.717) is 12.5 Å². The average molecular weight is 282 g/mol. The average Bonchev–Trinajstić information content (AvgIpc) is 2.34. The monoisotopic (exact) mass is 282 g/mol. The van der Waals surface area contributed by atoms with Gasteiger partial charge in [0.15, 0.2) is 0 Å². The Morgan fingerprint density at radius 2 is 1.60 bits per heavy atom. The normalized spacial score (nSPS) is 14.7. The molecular weight excluding hydrogens is 248 g/mol. The molecule has 2 heteroatoms. The van der Waals surface area contributed by atoms with Gasteiger partial charge < -0.3 is 4.74 Å².